The third kappa shape index (κ3) is 3.05. The van der Waals surface area contributed by atoms with E-state index in [0.717, 1.165) is 55.9 Å². The van der Waals surface area contributed by atoms with Gasteiger partial charge in [0, 0.05) is 27.5 Å². The third-order valence-corrected chi connectivity index (χ3v) is 8.96. The van der Waals surface area contributed by atoms with Crippen LogP contribution in [0.2, 0.25) is 0 Å². The highest BCUT2D eigenvalue weighted by Gasteiger charge is 2.24. The molecule has 0 fully saturated rings. The van der Waals surface area contributed by atoms with Crippen LogP contribution in [0.5, 0.6) is 0 Å². The summed E-state index contributed by atoms with van der Waals surface area (Å²) in [6, 6.07) is 53.9. The minimum absolute atomic E-state index is 0.897. The maximum absolute atomic E-state index is 5.40. The van der Waals surface area contributed by atoms with Crippen molar-refractivity contribution in [1.82, 2.24) is 23.1 Å². The standard InChI is InChI=1S/C39H25N5/c1-3-13-26(14-4-1)41-32-19-9-7-17-29(32)30-24-23-28(25-36(30)41)43-34-21-11-12-22-35(34)44-38-37(40-39(43)44)31-18-8-10-20-33(31)42(38)27-15-5-2-6-16-27/h1-25H. The zero-order valence-corrected chi connectivity index (χ0v) is 23.7. The van der Waals surface area contributed by atoms with Crippen molar-refractivity contribution < 1.29 is 0 Å². The highest BCUT2D eigenvalue weighted by Crippen LogP contribution is 2.38. The highest BCUT2D eigenvalue weighted by atomic mass is 15.3. The van der Waals surface area contributed by atoms with Gasteiger partial charge >= 0.3 is 0 Å². The van der Waals surface area contributed by atoms with Gasteiger partial charge in [-0.15, -0.1) is 0 Å². The minimum atomic E-state index is 0.897. The van der Waals surface area contributed by atoms with Crippen molar-refractivity contribution >= 4 is 60.7 Å². The summed E-state index contributed by atoms with van der Waals surface area (Å²) in [5, 5.41) is 3.62. The Bertz CT molecular complexity index is 2700. The van der Waals surface area contributed by atoms with Gasteiger partial charge in [0.1, 0.15) is 5.52 Å². The first-order valence-electron chi connectivity index (χ1n) is 14.9. The van der Waals surface area contributed by atoms with Crippen molar-refractivity contribution in [3.05, 3.63) is 152 Å². The first-order chi connectivity index (χ1) is 21.9. The van der Waals surface area contributed by atoms with Crippen molar-refractivity contribution in [3.8, 4) is 17.1 Å². The molecule has 0 bridgehead atoms. The van der Waals surface area contributed by atoms with Crippen LogP contribution in [-0.4, -0.2) is 23.1 Å². The van der Waals surface area contributed by atoms with E-state index in [-0.39, 0.29) is 0 Å². The lowest BCUT2D eigenvalue weighted by Crippen LogP contribution is -1.98. The van der Waals surface area contributed by atoms with Crippen molar-refractivity contribution in [2.45, 2.75) is 0 Å². The molecule has 6 aromatic carbocycles. The number of fused-ring (bicyclic) bond motifs is 10. The molecule has 10 rings (SSSR count). The van der Waals surface area contributed by atoms with Gasteiger partial charge in [-0.3, -0.25) is 13.5 Å². The van der Waals surface area contributed by atoms with Gasteiger partial charge in [-0.2, -0.15) is 0 Å². The first-order valence-corrected chi connectivity index (χ1v) is 14.9. The Labute approximate surface area is 252 Å². The average Bonchev–Trinajstić information content (AvgIpc) is 3.80. The number of benzene rings is 6. The highest BCUT2D eigenvalue weighted by molar-refractivity contribution is 6.11. The Morgan fingerprint density at radius 1 is 0.364 bits per heavy atom. The summed E-state index contributed by atoms with van der Waals surface area (Å²) in [7, 11) is 0. The monoisotopic (exact) mass is 563 g/mol. The Kier molecular flexibility index (Phi) is 4.66. The molecule has 5 nitrogen and oxygen atoms in total. The molecule has 0 spiro atoms. The zero-order valence-electron chi connectivity index (χ0n) is 23.7. The molecule has 0 saturated heterocycles. The number of para-hydroxylation sites is 6. The molecule has 0 aliphatic heterocycles. The Morgan fingerprint density at radius 3 is 1.64 bits per heavy atom. The molecule has 0 aliphatic rings. The Hall–Kier alpha value is -6.07. The summed E-state index contributed by atoms with van der Waals surface area (Å²) >= 11 is 0. The minimum Gasteiger partial charge on any atom is -0.309 e. The van der Waals surface area contributed by atoms with Gasteiger partial charge in [-0.05, 0) is 60.7 Å². The lowest BCUT2D eigenvalue weighted by Gasteiger charge is -2.10. The molecule has 4 heterocycles. The first kappa shape index (κ1) is 23.5. The molecule has 0 aliphatic carbocycles. The van der Waals surface area contributed by atoms with Gasteiger partial charge in [-0.25, -0.2) is 4.98 Å². The molecule has 0 N–H and O–H groups in total. The van der Waals surface area contributed by atoms with Crippen molar-refractivity contribution in [3.63, 3.8) is 0 Å². The van der Waals surface area contributed by atoms with E-state index >= 15 is 0 Å². The normalized spacial score (nSPS) is 12.1. The van der Waals surface area contributed by atoms with Crippen molar-refractivity contribution in [2.75, 3.05) is 0 Å². The Morgan fingerprint density at radius 2 is 0.909 bits per heavy atom. The summed E-state index contributed by atoms with van der Waals surface area (Å²) in [4.78, 5) is 5.40. The SMILES string of the molecule is c1ccc(-n2c3ccccc3c3ccc(-n4c5ccccc5n5c4nc4c6ccccc6n(-c6ccccc6)c45)cc32)cc1. The van der Waals surface area contributed by atoms with Gasteiger partial charge in [0.2, 0.25) is 5.78 Å². The van der Waals surface area contributed by atoms with E-state index in [2.05, 4.69) is 170 Å². The second-order valence-electron chi connectivity index (χ2n) is 11.3. The molecule has 5 heteroatoms. The fraction of sp³-hybridized carbons (Fsp3) is 0. The second kappa shape index (κ2) is 8.72. The van der Waals surface area contributed by atoms with Crippen LogP contribution in [0.15, 0.2) is 152 Å². The molecule has 0 radical (unpaired) electrons. The van der Waals surface area contributed by atoms with E-state index in [4.69, 9.17) is 4.98 Å². The molecular weight excluding hydrogens is 538 g/mol. The topological polar surface area (TPSA) is 32.1 Å². The predicted octanol–water partition coefficient (Wildman–Crippen LogP) is 9.47. The number of rotatable bonds is 3. The number of nitrogens with zero attached hydrogens (tertiary/aromatic N) is 5. The van der Waals surface area contributed by atoms with Crippen LogP contribution in [0.1, 0.15) is 0 Å². The van der Waals surface area contributed by atoms with Crippen LogP contribution < -0.4 is 0 Å². The van der Waals surface area contributed by atoms with E-state index in [0.29, 0.717) is 0 Å². The number of imidazole rings is 2. The van der Waals surface area contributed by atoms with Crippen LogP contribution in [0.3, 0.4) is 0 Å². The van der Waals surface area contributed by atoms with Gasteiger partial charge in [-0.1, -0.05) is 91.0 Å². The summed E-state index contributed by atoms with van der Waals surface area (Å²) in [5.74, 6) is 0.897. The fourth-order valence-corrected chi connectivity index (χ4v) is 7.14. The van der Waals surface area contributed by atoms with Crippen molar-refractivity contribution in [1.29, 1.82) is 0 Å². The summed E-state index contributed by atoms with van der Waals surface area (Å²) in [6.07, 6.45) is 0. The van der Waals surface area contributed by atoms with E-state index in [1.165, 1.54) is 21.8 Å². The van der Waals surface area contributed by atoms with Gasteiger partial charge in [0.25, 0.3) is 0 Å². The van der Waals surface area contributed by atoms with Gasteiger partial charge < -0.3 is 4.57 Å². The number of hydrogen-bond acceptors (Lipinski definition) is 1. The van der Waals surface area contributed by atoms with E-state index < -0.39 is 0 Å². The third-order valence-electron chi connectivity index (χ3n) is 8.96. The van der Waals surface area contributed by atoms with Crippen LogP contribution in [0.4, 0.5) is 0 Å². The van der Waals surface area contributed by atoms with Crippen LogP contribution in [0.25, 0.3) is 77.7 Å². The quantitative estimate of drug-likeness (QED) is 0.211. The van der Waals surface area contributed by atoms with Crippen LogP contribution >= 0.6 is 0 Å². The summed E-state index contributed by atoms with van der Waals surface area (Å²) in [6.45, 7) is 0. The molecule has 10 aromatic rings. The lowest BCUT2D eigenvalue weighted by molar-refractivity contribution is 1.08. The molecule has 0 saturated carbocycles. The van der Waals surface area contributed by atoms with Gasteiger partial charge in [0.05, 0.1) is 33.3 Å². The average molecular weight is 564 g/mol. The van der Waals surface area contributed by atoms with Crippen molar-refractivity contribution in [2.24, 2.45) is 0 Å². The second-order valence-corrected chi connectivity index (χ2v) is 11.3. The Balaban J connectivity index is 1.35. The molecular formula is C39H25N5. The molecule has 0 amide bonds. The number of hydrogen-bond donors (Lipinski definition) is 0. The molecule has 44 heavy (non-hydrogen) atoms. The number of aromatic nitrogens is 5. The molecule has 0 unspecified atom stereocenters. The molecule has 4 aromatic heterocycles. The molecule has 0 atom stereocenters. The van der Waals surface area contributed by atoms with Gasteiger partial charge in [0.15, 0.2) is 5.65 Å². The van der Waals surface area contributed by atoms with E-state index in [1.54, 1.807) is 0 Å². The largest absolute Gasteiger partial charge is 0.309 e. The summed E-state index contributed by atoms with van der Waals surface area (Å²) < 4.78 is 9.36. The van der Waals surface area contributed by atoms with E-state index in [9.17, 15) is 0 Å². The maximum Gasteiger partial charge on any atom is 0.221 e. The smallest absolute Gasteiger partial charge is 0.221 e. The maximum atomic E-state index is 5.40. The fourth-order valence-electron chi connectivity index (χ4n) is 7.14. The lowest BCUT2D eigenvalue weighted by atomic mass is 10.1. The zero-order chi connectivity index (χ0) is 28.8. The van der Waals surface area contributed by atoms with Crippen LogP contribution in [-0.2, 0) is 0 Å². The molecule has 206 valence electrons. The predicted molar refractivity (Wildman–Crippen MR) is 181 cm³/mol. The summed E-state index contributed by atoms with van der Waals surface area (Å²) in [5.41, 5.74) is 11.2. The van der Waals surface area contributed by atoms with E-state index in [1.807, 2.05) is 0 Å². The van der Waals surface area contributed by atoms with Crippen LogP contribution in [0, 0.1) is 0 Å².